The maximum atomic E-state index is 12.5. The van der Waals surface area contributed by atoms with Crippen molar-refractivity contribution < 1.29 is 19.4 Å². The Morgan fingerprint density at radius 2 is 2.00 bits per heavy atom. The van der Waals surface area contributed by atoms with E-state index in [-0.39, 0.29) is 22.9 Å². The van der Waals surface area contributed by atoms with E-state index in [1.54, 1.807) is 41.3 Å². The third-order valence-electron chi connectivity index (χ3n) is 5.15. The van der Waals surface area contributed by atoms with Gasteiger partial charge in [-0.25, -0.2) is 9.78 Å². The smallest absolute Gasteiger partial charge is 0.338 e. The number of para-hydroxylation sites is 2. The van der Waals surface area contributed by atoms with Gasteiger partial charge < -0.3 is 19.7 Å². The summed E-state index contributed by atoms with van der Waals surface area (Å²) < 4.78 is 5.34. The van der Waals surface area contributed by atoms with Gasteiger partial charge in [-0.2, -0.15) is 5.26 Å². The Morgan fingerprint density at radius 1 is 1.26 bits per heavy atom. The van der Waals surface area contributed by atoms with E-state index in [2.05, 4.69) is 9.97 Å². The van der Waals surface area contributed by atoms with Gasteiger partial charge in [-0.15, -0.1) is 0 Å². The van der Waals surface area contributed by atoms with Crippen molar-refractivity contribution in [2.75, 3.05) is 11.4 Å². The predicted molar refractivity (Wildman–Crippen MR) is 114 cm³/mol. The highest BCUT2D eigenvalue weighted by molar-refractivity contribution is 5.96. The standard InChI is InChI=1S/C23H20N4O4/c1-14(21(29)17(13-24)22-25-18-5-2-3-6-19(18)26-22)31-23(30)15-8-10-16(11-9-15)27-12-4-7-20(27)28/h2-3,5-6,8-11,14,29H,4,7,12H2,1H3,(H,25,26)/b21-17-/t14-/m1/s1. The van der Waals surface area contributed by atoms with Gasteiger partial charge in [-0.3, -0.25) is 4.79 Å². The van der Waals surface area contributed by atoms with E-state index in [0.717, 1.165) is 17.6 Å². The molecular formula is C23H20N4O4. The molecular weight excluding hydrogens is 396 g/mol. The SMILES string of the molecule is C[C@@H](OC(=O)c1ccc(N2CCCC2=O)cc1)/C(O)=C(\C#N)c1nc2ccccc2[nH]1. The average molecular weight is 416 g/mol. The van der Waals surface area contributed by atoms with Crippen molar-refractivity contribution in [2.45, 2.75) is 25.9 Å². The van der Waals surface area contributed by atoms with Gasteiger partial charge in [0, 0.05) is 18.7 Å². The minimum Gasteiger partial charge on any atom is -0.507 e. The van der Waals surface area contributed by atoms with Crippen LogP contribution in [0.3, 0.4) is 0 Å². The summed E-state index contributed by atoms with van der Waals surface area (Å²) in [5.41, 5.74) is 2.28. The zero-order valence-electron chi connectivity index (χ0n) is 16.8. The highest BCUT2D eigenvalue weighted by Gasteiger charge is 2.24. The molecule has 0 spiro atoms. The summed E-state index contributed by atoms with van der Waals surface area (Å²) in [6.45, 7) is 2.14. The summed E-state index contributed by atoms with van der Waals surface area (Å²) in [4.78, 5) is 33.3. The second kappa shape index (κ2) is 8.32. The summed E-state index contributed by atoms with van der Waals surface area (Å²) in [5, 5.41) is 20.1. The van der Waals surface area contributed by atoms with Crippen molar-refractivity contribution in [3.05, 3.63) is 65.7 Å². The number of aliphatic hydroxyl groups is 1. The molecule has 1 aromatic heterocycles. The number of fused-ring (bicyclic) bond motifs is 1. The number of nitrogens with one attached hydrogen (secondary N) is 1. The lowest BCUT2D eigenvalue weighted by Crippen LogP contribution is -2.23. The van der Waals surface area contributed by atoms with Crippen LogP contribution < -0.4 is 4.90 Å². The van der Waals surface area contributed by atoms with Crippen LogP contribution in [0.2, 0.25) is 0 Å². The molecule has 0 bridgehead atoms. The molecule has 1 amide bonds. The van der Waals surface area contributed by atoms with Crippen LogP contribution in [0.1, 0.15) is 35.9 Å². The van der Waals surface area contributed by atoms with E-state index in [1.807, 2.05) is 18.2 Å². The van der Waals surface area contributed by atoms with Crippen molar-refractivity contribution in [1.29, 1.82) is 5.26 Å². The first-order chi connectivity index (χ1) is 15.0. The minimum atomic E-state index is -1.06. The first kappa shape index (κ1) is 20.2. The third kappa shape index (κ3) is 3.98. The molecule has 4 rings (SSSR count). The third-order valence-corrected chi connectivity index (χ3v) is 5.15. The van der Waals surface area contributed by atoms with Crippen molar-refractivity contribution in [3.63, 3.8) is 0 Å². The molecule has 1 aliphatic rings. The minimum absolute atomic E-state index is 0.0635. The number of anilines is 1. The van der Waals surface area contributed by atoms with Crippen molar-refractivity contribution in [2.24, 2.45) is 0 Å². The number of H-pyrrole nitrogens is 1. The molecule has 1 saturated heterocycles. The van der Waals surface area contributed by atoms with E-state index < -0.39 is 17.8 Å². The summed E-state index contributed by atoms with van der Waals surface area (Å²) in [6, 6.07) is 15.7. The van der Waals surface area contributed by atoms with Crippen molar-refractivity contribution in [1.82, 2.24) is 9.97 Å². The number of esters is 1. The number of aromatic nitrogens is 2. The number of allylic oxidation sites excluding steroid dienone is 1. The normalized spacial score (nSPS) is 15.5. The van der Waals surface area contributed by atoms with E-state index in [9.17, 15) is 20.0 Å². The summed E-state index contributed by atoms with van der Waals surface area (Å²) >= 11 is 0. The second-order valence-corrected chi connectivity index (χ2v) is 7.22. The number of benzene rings is 2. The van der Waals surface area contributed by atoms with E-state index in [4.69, 9.17) is 4.74 Å². The van der Waals surface area contributed by atoms with Crippen LogP contribution >= 0.6 is 0 Å². The number of imidazole rings is 1. The number of hydrogen-bond donors (Lipinski definition) is 2. The van der Waals surface area contributed by atoms with E-state index in [0.29, 0.717) is 18.5 Å². The quantitative estimate of drug-likeness (QED) is 0.372. The Bertz CT molecular complexity index is 1190. The fourth-order valence-electron chi connectivity index (χ4n) is 3.49. The Labute approximate surface area is 178 Å². The average Bonchev–Trinajstić information content (AvgIpc) is 3.40. The van der Waals surface area contributed by atoms with Crippen LogP contribution in [-0.2, 0) is 9.53 Å². The second-order valence-electron chi connectivity index (χ2n) is 7.22. The van der Waals surface area contributed by atoms with E-state index >= 15 is 0 Å². The summed E-state index contributed by atoms with van der Waals surface area (Å²) in [6.07, 6.45) is 0.285. The van der Waals surface area contributed by atoms with Crippen LogP contribution in [0, 0.1) is 11.3 Å². The van der Waals surface area contributed by atoms with Crippen LogP contribution in [0.15, 0.2) is 54.3 Å². The lowest BCUT2D eigenvalue weighted by Gasteiger charge is -2.16. The number of carbonyl (C=O) groups excluding carboxylic acids is 2. The number of carbonyl (C=O) groups is 2. The number of hydrogen-bond acceptors (Lipinski definition) is 6. The lowest BCUT2D eigenvalue weighted by molar-refractivity contribution is -0.117. The number of nitrogens with zero attached hydrogens (tertiary/aromatic N) is 3. The van der Waals surface area contributed by atoms with E-state index in [1.165, 1.54) is 6.92 Å². The zero-order chi connectivity index (χ0) is 22.0. The van der Waals surface area contributed by atoms with Gasteiger partial charge in [0.05, 0.1) is 16.6 Å². The molecule has 1 atom stereocenters. The van der Waals surface area contributed by atoms with Gasteiger partial charge in [0.25, 0.3) is 0 Å². The fourth-order valence-corrected chi connectivity index (χ4v) is 3.49. The van der Waals surface area contributed by atoms with Gasteiger partial charge in [-0.1, -0.05) is 12.1 Å². The largest absolute Gasteiger partial charge is 0.507 e. The Hall–Kier alpha value is -4.12. The molecule has 0 aliphatic carbocycles. The van der Waals surface area contributed by atoms with Crippen LogP contribution in [0.4, 0.5) is 5.69 Å². The van der Waals surface area contributed by atoms with Crippen LogP contribution in [-0.4, -0.2) is 39.6 Å². The number of aliphatic hydroxyl groups excluding tert-OH is 1. The molecule has 0 saturated carbocycles. The van der Waals surface area contributed by atoms with Crippen molar-refractivity contribution in [3.8, 4) is 6.07 Å². The number of amides is 1. The molecule has 156 valence electrons. The van der Waals surface area contributed by atoms with Crippen LogP contribution in [0.25, 0.3) is 16.6 Å². The number of nitriles is 1. The molecule has 8 nitrogen and oxygen atoms in total. The summed E-state index contributed by atoms with van der Waals surface area (Å²) in [5.74, 6) is -0.785. The highest BCUT2D eigenvalue weighted by atomic mass is 16.6. The first-order valence-electron chi connectivity index (χ1n) is 9.87. The molecule has 0 unspecified atom stereocenters. The lowest BCUT2D eigenvalue weighted by atomic mass is 10.1. The van der Waals surface area contributed by atoms with Gasteiger partial charge >= 0.3 is 5.97 Å². The Balaban J connectivity index is 1.50. The highest BCUT2D eigenvalue weighted by Crippen LogP contribution is 2.24. The molecule has 8 heteroatoms. The molecule has 1 aliphatic heterocycles. The maximum Gasteiger partial charge on any atom is 0.338 e. The Morgan fingerprint density at radius 3 is 2.65 bits per heavy atom. The molecule has 31 heavy (non-hydrogen) atoms. The first-order valence-corrected chi connectivity index (χ1v) is 9.87. The topological polar surface area (TPSA) is 119 Å². The number of ether oxygens (including phenoxy) is 1. The van der Waals surface area contributed by atoms with Gasteiger partial charge in [0.2, 0.25) is 5.91 Å². The summed E-state index contributed by atoms with van der Waals surface area (Å²) in [7, 11) is 0. The molecule has 2 aromatic carbocycles. The van der Waals surface area contributed by atoms with Gasteiger partial charge in [0.1, 0.15) is 11.6 Å². The van der Waals surface area contributed by atoms with Crippen molar-refractivity contribution >= 4 is 34.2 Å². The number of rotatable bonds is 5. The molecule has 1 fully saturated rings. The molecule has 3 aromatic rings. The zero-order valence-corrected chi connectivity index (χ0v) is 16.8. The van der Waals surface area contributed by atoms with Crippen LogP contribution in [0.5, 0.6) is 0 Å². The monoisotopic (exact) mass is 416 g/mol. The Kier molecular flexibility index (Phi) is 5.41. The molecule has 0 radical (unpaired) electrons. The number of aromatic amines is 1. The fraction of sp³-hybridized carbons (Fsp3) is 0.217. The molecule has 2 heterocycles. The van der Waals surface area contributed by atoms with Gasteiger partial charge in [-0.05, 0) is 49.7 Å². The maximum absolute atomic E-state index is 12.5. The molecule has 2 N–H and O–H groups in total. The predicted octanol–water partition coefficient (Wildman–Crippen LogP) is 3.73. The van der Waals surface area contributed by atoms with Gasteiger partial charge in [0.15, 0.2) is 17.7 Å².